The largest absolute Gasteiger partial charge is 0.595 e. The van der Waals surface area contributed by atoms with Gasteiger partial charge < -0.3 is 10.4 Å². The van der Waals surface area contributed by atoms with Crippen LogP contribution < -0.4 is 20.3 Å². The highest BCUT2D eigenvalue weighted by Crippen LogP contribution is 2.65. The zero-order valence-corrected chi connectivity index (χ0v) is 21.8. The summed E-state index contributed by atoms with van der Waals surface area (Å²) in [7, 11) is 0. The monoisotopic (exact) mass is 568 g/mol. The summed E-state index contributed by atoms with van der Waals surface area (Å²) < 4.78 is 0. The Bertz CT molecular complexity index is 1590. The van der Waals surface area contributed by atoms with Crippen molar-refractivity contribution in [1.82, 2.24) is 0 Å². The van der Waals surface area contributed by atoms with Crippen LogP contribution in [0.1, 0.15) is 5.56 Å². The van der Waals surface area contributed by atoms with Crippen LogP contribution in [0.4, 0.5) is 22.7 Å². The number of allylic oxidation sites excluding steroid dienone is 2. The van der Waals surface area contributed by atoms with E-state index in [1.165, 1.54) is 48.5 Å². The van der Waals surface area contributed by atoms with Crippen molar-refractivity contribution in [1.29, 1.82) is 0 Å². The van der Waals surface area contributed by atoms with E-state index in [4.69, 9.17) is 0 Å². The fourth-order valence-electron chi connectivity index (χ4n) is 7.54. The molecule has 2 aliphatic heterocycles. The molecular weight excluding hydrogens is 544 g/mol. The Kier molecular flexibility index (Phi) is 5.79. The summed E-state index contributed by atoms with van der Waals surface area (Å²) in [6, 6.07) is 19.9. The van der Waals surface area contributed by atoms with Gasteiger partial charge in [0.05, 0.1) is 35.0 Å². The first-order valence-corrected chi connectivity index (χ1v) is 13.3. The fourth-order valence-corrected chi connectivity index (χ4v) is 7.54. The lowest BCUT2D eigenvalue weighted by Crippen LogP contribution is -2.99. The van der Waals surface area contributed by atoms with Crippen LogP contribution in [0, 0.1) is 40.0 Å². The van der Waals surface area contributed by atoms with Gasteiger partial charge in [0.1, 0.15) is 0 Å². The van der Waals surface area contributed by atoms with Crippen LogP contribution in [0.2, 0.25) is 0 Å². The van der Waals surface area contributed by atoms with Gasteiger partial charge in [0, 0.05) is 35.6 Å². The van der Waals surface area contributed by atoms with E-state index < -0.39 is 69.1 Å². The molecule has 212 valence electrons. The second kappa shape index (κ2) is 9.22. The second-order valence-electron chi connectivity index (χ2n) is 11.0. The zero-order valence-electron chi connectivity index (χ0n) is 21.8. The summed E-state index contributed by atoms with van der Waals surface area (Å²) in [5.41, 5.74) is -0.738. The first-order valence-electron chi connectivity index (χ1n) is 13.3. The molecule has 3 aliphatic carbocycles. The number of hydrogen-bond acceptors (Lipinski definition) is 8. The molecule has 42 heavy (non-hydrogen) atoms. The standard InChI is InChI=1S/C30H24N4O8/c35-26-22-21-12-13-30(16-6-2-1-3-7-16,24(22)28(37)31(26)17-8-4-10-19(14-17)33(39)40)25-23(21)27(36)32(29(25)38)18-9-5-11-20(15-18)34(41)42/h1-15,21-25,33-34,39,41H/t21?,22-,23+,24-,25-,30?/m1/s1. The van der Waals surface area contributed by atoms with Gasteiger partial charge in [0.15, 0.2) is 11.4 Å². The van der Waals surface area contributed by atoms with E-state index in [2.05, 4.69) is 0 Å². The Morgan fingerprint density at radius 3 is 1.57 bits per heavy atom. The Labute approximate surface area is 238 Å². The smallest absolute Gasteiger partial charge is 0.238 e. The predicted octanol–water partition coefficient (Wildman–Crippen LogP) is 0.542. The number of quaternary nitrogens is 2. The average molecular weight is 569 g/mol. The van der Waals surface area contributed by atoms with E-state index in [1.807, 2.05) is 0 Å². The van der Waals surface area contributed by atoms with E-state index in [1.54, 1.807) is 42.5 Å². The van der Waals surface area contributed by atoms with Gasteiger partial charge in [-0.1, -0.05) is 54.6 Å². The molecule has 2 saturated heterocycles. The molecule has 0 radical (unpaired) electrons. The molecule has 12 heteroatoms. The first kappa shape index (κ1) is 26.3. The molecule has 3 fully saturated rings. The maximum absolute atomic E-state index is 14.3. The van der Waals surface area contributed by atoms with Gasteiger partial charge in [-0.15, -0.1) is 0 Å². The lowest BCUT2D eigenvalue weighted by Gasteiger charge is -2.53. The van der Waals surface area contributed by atoms with Gasteiger partial charge >= 0.3 is 0 Å². The molecule has 8 rings (SSSR count). The van der Waals surface area contributed by atoms with Crippen LogP contribution in [0.3, 0.4) is 0 Å². The molecule has 8 atom stereocenters. The molecule has 2 bridgehead atoms. The highest BCUT2D eigenvalue weighted by atomic mass is 16.8. The molecule has 4 N–H and O–H groups in total. The summed E-state index contributed by atoms with van der Waals surface area (Å²) in [6.07, 6.45) is 3.53. The van der Waals surface area contributed by atoms with E-state index in [0.29, 0.717) is 5.56 Å². The Balaban J connectivity index is 1.39. The van der Waals surface area contributed by atoms with Gasteiger partial charge in [-0.3, -0.25) is 19.2 Å². The van der Waals surface area contributed by atoms with Crippen LogP contribution in [-0.2, 0) is 24.6 Å². The van der Waals surface area contributed by atoms with Crippen molar-refractivity contribution in [2.24, 2.45) is 29.6 Å². The molecular formula is C30H24N4O8. The summed E-state index contributed by atoms with van der Waals surface area (Å²) in [4.78, 5) is 58.8. The van der Waals surface area contributed by atoms with Crippen molar-refractivity contribution in [2.75, 3.05) is 9.80 Å². The normalized spacial score (nSPS) is 31.0. The van der Waals surface area contributed by atoms with Crippen molar-refractivity contribution < 1.29 is 40.0 Å². The molecule has 4 unspecified atom stereocenters. The molecule has 3 aromatic carbocycles. The lowest BCUT2D eigenvalue weighted by molar-refractivity contribution is -0.991. The second-order valence-corrected chi connectivity index (χ2v) is 11.0. The molecule has 2 heterocycles. The summed E-state index contributed by atoms with van der Waals surface area (Å²) >= 11 is 0. The van der Waals surface area contributed by atoms with Gasteiger partial charge in [-0.25, -0.2) is 20.2 Å². The van der Waals surface area contributed by atoms with Crippen molar-refractivity contribution >= 4 is 46.4 Å². The molecule has 0 aromatic heterocycles. The van der Waals surface area contributed by atoms with Crippen LogP contribution in [-0.4, -0.2) is 34.0 Å². The van der Waals surface area contributed by atoms with Crippen molar-refractivity contribution in [3.05, 3.63) is 107 Å². The summed E-state index contributed by atoms with van der Waals surface area (Å²) in [5, 5.41) is 39.8. The number of hydrogen-bond donors (Lipinski definition) is 4. The zero-order chi connectivity index (χ0) is 29.5. The van der Waals surface area contributed by atoms with Gasteiger partial charge in [0.2, 0.25) is 23.6 Å². The lowest BCUT2D eigenvalue weighted by atomic mass is 9.45. The van der Waals surface area contributed by atoms with Crippen molar-refractivity contribution in [3.63, 3.8) is 0 Å². The number of carbonyl (C=O) groups excluding carboxylic acids is 4. The number of nitrogens with zero attached hydrogens (tertiary/aromatic N) is 2. The topological polar surface area (TPSA) is 170 Å². The minimum Gasteiger partial charge on any atom is -0.595 e. The van der Waals surface area contributed by atoms with Crippen LogP contribution in [0.5, 0.6) is 0 Å². The maximum Gasteiger partial charge on any atom is 0.238 e. The summed E-state index contributed by atoms with van der Waals surface area (Å²) in [6.45, 7) is 0. The minimum atomic E-state index is -1.36. The molecule has 12 nitrogen and oxygen atoms in total. The van der Waals surface area contributed by atoms with Crippen LogP contribution in [0.15, 0.2) is 91.0 Å². The first-order chi connectivity index (χ1) is 20.2. The third kappa shape index (κ3) is 3.38. The van der Waals surface area contributed by atoms with E-state index in [-0.39, 0.29) is 22.7 Å². The van der Waals surface area contributed by atoms with Crippen molar-refractivity contribution in [3.8, 4) is 0 Å². The third-order valence-electron chi connectivity index (χ3n) is 9.13. The average Bonchev–Trinajstić information content (AvgIpc) is 3.44. The Morgan fingerprint density at radius 1 is 0.643 bits per heavy atom. The quantitative estimate of drug-likeness (QED) is 0.196. The van der Waals surface area contributed by atoms with E-state index >= 15 is 0 Å². The van der Waals surface area contributed by atoms with E-state index in [9.17, 15) is 40.0 Å². The maximum atomic E-state index is 14.3. The highest BCUT2D eigenvalue weighted by molar-refractivity contribution is 6.27. The number of rotatable bonds is 5. The number of benzene rings is 3. The number of amides is 4. The predicted molar refractivity (Wildman–Crippen MR) is 144 cm³/mol. The number of carbonyl (C=O) groups is 4. The Hall–Kier alpha value is -4.56. The molecule has 3 aromatic rings. The van der Waals surface area contributed by atoms with Gasteiger partial charge in [-0.2, -0.15) is 10.5 Å². The Morgan fingerprint density at radius 2 is 1.12 bits per heavy atom. The van der Waals surface area contributed by atoms with Crippen LogP contribution >= 0.6 is 0 Å². The summed E-state index contributed by atoms with van der Waals surface area (Å²) in [5.74, 6) is -7.05. The molecule has 4 amide bonds. The molecule has 1 saturated carbocycles. The van der Waals surface area contributed by atoms with Gasteiger partial charge in [0.25, 0.3) is 0 Å². The third-order valence-corrected chi connectivity index (χ3v) is 9.13. The fraction of sp³-hybridized carbons (Fsp3) is 0.200. The SMILES string of the molecule is O=C1[C@@H]2C3C=CC(c4ccccc4)([C@H]2C(=O)N1c1cccc([NH+]([O-])O)c1)[C@H]1C(=O)N(c2cccc([NH+]([O-])O)c2)C(=O)[C@@H]31. The minimum absolute atomic E-state index is 0.0942. The van der Waals surface area contributed by atoms with Crippen molar-refractivity contribution in [2.45, 2.75) is 5.41 Å². The van der Waals surface area contributed by atoms with E-state index in [0.717, 1.165) is 9.80 Å². The molecule has 0 spiro atoms. The number of nitrogens with one attached hydrogen (secondary N) is 2. The highest BCUT2D eigenvalue weighted by Gasteiger charge is 2.75. The molecule has 5 aliphatic rings. The number of anilines is 2. The number of imide groups is 2. The van der Waals surface area contributed by atoms with Gasteiger partial charge in [-0.05, 0) is 17.7 Å². The van der Waals surface area contributed by atoms with Crippen LogP contribution in [0.25, 0.3) is 0 Å².